The van der Waals surface area contributed by atoms with Gasteiger partial charge in [-0.1, -0.05) is 6.92 Å². The smallest absolute Gasteiger partial charge is 0.0278 e. The van der Waals surface area contributed by atoms with Gasteiger partial charge in [0, 0.05) is 19.1 Å². The van der Waals surface area contributed by atoms with E-state index in [0.29, 0.717) is 0 Å². The summed E-state index contributed by atoms with van der Waals surface area (Å²) in [6.45, 7) is 6.27. The molecule has 53 valence electrons. The summed E-state index contributed by atoms with van der Waals surface area (Å²) in [5, 5.41) is 2.21. The molecule has 9 heavy (non-hydrogen) atoms. The first kappa shape index (κ1) is 7.03. The van der Waals surface area contributed by atoms with E-state index in [1.54, 1.807) is 0 Å². The van der Waals surface area contributed by atoms with Crippen LogP contribution in [0.1, 0.15) is 26.7 Å². The summed E-state index contributed by atoms with van der Waals surface area (Å²) in [5.74, 6) is 0. The van der Waals surface area contributed by atoms with Gasteiger partial charge in [-0.05, 0) is 19.8 Å². The minimum atomic E-state index is 0.801. The van der Waals surface area contributed by atoms with Crippen LogP contribution in [0, 0.1) is 0 Å². The van der Waals surface area contributed by atoms with Gasteiger partial charge in [0.2, 0.25) is 0 Å². The van der Waals surface area contributed by atoms with Gasteiger partial charge in [-0.15, -0.1) is 0 Å². The van der Waals surface area contributed by atoms with Gasteiger partial charge in [-0.3, -0.25) is 0 Å². The molecular weight excluding hydrogens is 112 g/mol. The van der Waals surface area contributed by atoms with Crippen LogP contribution in [0.5, 0.6) is 0 Å². The molecule has 1 rings (SSSR count). The average Bonchev–Trinajstić information content (AvgIpc) is 2.64. The van der Waals surface area contributed by atoms with Crippen molar-refractivity contribution in [3.05, 3.63) is 0 Å². The van der Waals surface area contributed by atoms with Crippen molar-refractivity contribution < 1.29 is 0 Å². The van der Waals surface area contributed by atoms with Gasteiger partial charge in [0.05, 0.1) is 0 Å². The lowest BCUT2D eigenvalue weighted by molar-refractivity contribution is 0.184. The van der Waals surface area contributed by atoms with Crippen LogP contribution in [0.4, 0.5) is 0 Å². The fraction of sp³-hybridized carbons (Fsp3) is 1.00. The van der Waals surface area contributed by atoms with Gasteiger partial charge in [0.25, 0.3) is 0 Å². The van der Waals surface area contributed by atoms with Gasteiger partial charge >= 0.3 is 0 Å². The highest BCUT2D eigenvalue weighted by atomic mass is 15.5. The molecule has 0 heterocycles. The van der Waals surface area contributed by atoms with Crippen molar-refractivity contribution in [2.45, 2.75) is 32.7 Å². The van der Waals surface area contributed by atoms with E-state index < -0.39 is 0 Å². The first-order chi connectivity index (χ1) is 4.38. The minimum absolute atomic E-state index is 0.801. The highest BCUT2D eigenvalue weighted by molar-refractivity contribution is 4.81. The number of nitrogens with zero attached hydrogens (tertiary/aromatic N) is 2. The Hall–Kier alpha value is -0.0800. The molecule has 0 saturated heterocycles. The molecule has 2 nitrogen and oxygen atoms in total. The van der Waals surface area contributed by atoms with Crippen molar-refractivity contribution in [2.24, 2.45) is 0 Å². The summed E-state index contributed by atoms with van der Waals surface area (Å²) >= 11 is 0. The largest absolute Gasteiger partial charge is 0.224 e. The van der Waals surface area contributed by atoms with Gasteiger partial charge in [-0.25, -0.2) is 5.01 Å². The van der Waals surface area contributed by atoms with Crippen molar-refractivity contribution in [3.8, 4) is 0 Å². The molecule has 0 amide bonds. The van der Waals surface area contributed by atoms with Crippen LogP contribution in [0.2, 0.25) is 0 Å². The molecule has 1 fully saturated rings. The predicted octanol–water partition coefficient (Wildman–Crippen LogP) is 1.01. The van der Waals surface area contributed by atoms with Crippen LogP contribution < -0.4 is 5.43 Å². The molecule has 0 aromatic carbocycles. The van der Waals surface area contributed by atoms with Crippen molar-refractivity contribution in [1.82, 2.24) is 10.4 Å². The van der Waals surface area contributed by atoms with Crippen LogP contribution in [-0.4, -0.2) is 24.1 Å². The predicted molar refractivity (Wildman–Crippen MR) is 38.1 cm³/mol. The van der Waals surface area contributed by atoms with Gasteiger partial charge in [0.15, 0.2) is 0 Å². The topological polar surface area (TPSA) is 17.3 Å². The molecule has 2 heteroatoms. The monoisotopic (exact) mass is 127 g/mol. The zero-order chi connectivity index (χ0) is 6.69. The molecule has 0 aromatic heterocycles. The summed E-state index contributed by atoms with van der Waals surface area (Å²) in [4.78, 5) is 0. The zero-order valence-electron chi connectivity index (χ0n) is 6.30. The summed E-state index contributed by atoms with van der Waals surface area (Å²) in [6, 6.07) is 0.801. The van der Waals surface area contributed by atoms with Gasteiger partial charge in [-0.2, -0.15) is 5.43 Å². The molecule has 1 saturated carbocycles. The lowest BCUT2D eigenvalue weighted by Crippen LogP contribution is -2.33. The summed E-state index contributed by atoms with van der Waals surface area (Å²) in [5.41, 5.74) is 4.34. The van der Waals surface area contributed by atoms with E-state index in [1.807, 2.05) is 0 Å². The van der Waals surface area contributed by atoms with E-state index >= 15 is 0 Å². The Morgan fingerprint density at radius 3 is 2.44 bits per heavy atom. The average molecular weight is 127 g/mol. The van der Waals surface area contributed by atoms with E-state index in [9.17, 15) is 0 Å². The third kappa shape index (κ3) is 1.95. The maximum Gasteiger partial charge on any atom is 0.0278 e. The Morgan fingerprint density at radius 2 is 2.11 bits per heavy atom. The molecule has 0 unspecified atom stereocenters. The van der Waals surface area contributed by atoms with E-state index in [-0.39, 0.29) is 0 Å². The highest BCUT2D eigenvalue weighted by Crippen LogP contribution is 2.24. The molecule has 1 aliphatic carbocycles. The van der Waals surface area contributed by atoms with Crippen LogP contribution >= 0.6 is 0 Å². The molecular formula is C7H15N2. The standard InChI is InChI=1S/C7H15N2/c1-3-8-9(4-2)7-5-6-7/h7H,3-6H2,1-2H3. The Bertz CT molecular complexity index is 79.0. The quantitative estimate of drug-likeness (QED) is 0.515. The van der Waals surface area contributed by atoms with E-state index in [2.05, 4.69) is 24.3 Å². The fourth-order valence-corrected chi connectivity index (χ4v) is 1.03. The summed E-state index contributed by atoms with van der Waals surface area (Å²) < 4.78 is 0. The second-order valence-electron chi connectivity index (χ2n) is 2.44. The fourth-order valence-electron chi connectivity index (χ4n) is 1.03. The maximum atomic E-state index is 4.34. The second kappa shape index (κ2) is 3.18. The molecule has 0 N–H and O–H groups in total. The first-order valence-electron chi connectivity index (χ1n) is 3.82. The molecule has 1 aliphatic rings. The highest BCUT2D eigenvalue weighted by Gasteiger charge is 2.27. The Morgan fingerprint density at radius 1 is 1.44 bits per heavy atom. The van der Waals surface area contributed by atoms with E-state index in [0.717, 1.165) is 19.1 Å². The number of hydrogen-bond acceptors (Lipinski definition) is 1. The third-order valence-corrected chi connectivity index (χ3v) is 1.62. The molecule has 0 bridgehead atoms. The number of rotatable bonds is 4. The van der Waals surface area contributed by atoms with E-state index in [4.69, 9.17) is 0 Å². The van der Waals surface area contributed by atoms with Crippen LogP contribution in [0.25, 0.3) is 0 Å². The number of hydrogen-bond donors (Lipinski definition) is 0. The van der Waals surface area contributed by atoms with Crippen LogP contribution in [0.3, 0.4) is 0 Å². The lowest BCUT2D eigenvalue weighted by atomic mass is 10.6. The molecule has 0 atom stereocenters. The Balaban J connectivity index is 2.12. The molecule has 1 radical (unpaired) electrons. The maximum absolute atomic E-state index is 4.34. The molecule has 0 aliphatic heterocycles. The Kier molecular flexibility index (Phi) is 2.49. The third-order valence-electron chi connectivity index (χ3n) is 1.62. The second-order valence-corrected chi connectivity index (χ2v) is 2.44. The normalized spacial score (nSPS) is 19.0. The van der Waals surface area contributed by atoms with Gasteiger partial charge < -0.3 is 0 Å². The van der Waals surface area contributed by atoms with Crippen molar-refractivity contribution in [3.63, 3.8) is 0 Å². The lowest BCUT2D eigenvalue weighted by Gasteiger charge is -2.16. The van der Waals surface area contributed by atoms with Crippen molar-refractivity contribution >= 4 is 0 Å². The van der Waals surface area contributed by atoms with Crippen molar-refractivity contribution in [1.29, 1.82) is 0 Å². The molecule has 0 spiro atoms. The summed E-state index contributed by atoms with van der Waals surface area (Å²) in [6.07, 6.45) is 2.72. The SMILES string of the molecule is CC[N]N(CC)C1CC1. The van der Waals surface area contributed by atoms with Crippen LogP contribution in [0.15, 0.2) is 0 Å². The zero-order valence-corrected chi connectivity index (χ0v) is 6.30. The van der Waals surface area contributed by atoms with Gasteiger partial charge in [0.1, 0.15) is 0 Å². The summed E-state index contributed by atoms with van der Waals surface area (Å²) in [7, 11) is 0. The van der Waals surface area contributed by atoms with Crippen molar-refractivity contribution in [2.75, 3.05) is 13.1 Å². The minimum Gasteiger partial charge on any atom is -0.224 e. The molecule has 0 aromatic rings. The van der Waals surface area contributed by atoms with E-state index in [1.165, 1.54) is 12.8 Å². The van der Waals surface area contributed by atoms with Crippen LogP contribution in [-0.2, 0) is 0 Å². The first-order valence-corrected chi connectivity index (χ1v) is 3.82. The Labute approximate surface area is 57.2 Å².